The molecule has 3 aromatic carbocycles. The zero-order valence-electron chi connectivity index (χ0n) is 33.0. The summed E-state index contributed by atoms with van der Waals surface area (Å²) >= 11 is 0. The molecule has 4 N–H and O–H groups in total. The third kappa shape index (κ3) is 11.7. The Kier molecular flexibility index (Phi) is 16.6. The molecule has 0 aliphatic carbocycles. The van der Waals surface area contributed by atoms with Crippen molar-refractivity contribution in [2.45, 2.75) is 75.9 Å². The maximum Gasteiger partial charge on any atom is 0.317 e. The van der Waals surface area contributed by atoms with E-state index in [1.807, 2.05) is 71.6 Å². The molecule has 296 valence electrons. The molecule has 0 saturated carbocycles. The van der Waals surface area contributed by atoms with E-state index in [9.17, 15) is 9.59 Å². The maximum absolute atomic E-state index is 14.0. The molecule has 0 aromatic heterocycles. The van der Waals surface area contributed by atoms with E-state index >= 15 is 0 Å². The second-order valence-electron chi connectivity index (χ2n) is 15.0. The van der Waals surface area contributed by atoms with Crippen LogP contribution in [0.4, 0.5) is 4.79 Å². The van der Waals surface area contributed by atoms with Crippen molar-refractivity contribution in [2.24, 2.45) is 5.73 Å². The SMILES string of the molecule is COc1ccc(C(OC[C@@H]2C[C@@H](O[Si](C)(C)C(C)(C)C)CN2C(=O)NCCCC(=O)NCCSSCCN)(c2ccccc2)c2ccc(OC)cc2)cc1. The van der Waals surface area contributed by atoms with Crippen molar-refractivity contribution in [3.8, 4) is 11.5 Å². The predicted octanol–water partition coefficient (Wildman–Crippen LogP) is 7.42. The number of likely N-dealkylation sites (tertiary alicyclic amines) is 1. The molecule has 1 saturated heterocycles. The molecule has 1 aliphatic rings. The summed E-state index contributed by atoms with van der Waals surface area (Å²) in [5.74, 6) is 3.19. The van der Waals surface area contributed by atoms with E-state index in [2.05, 4.69) is 56.6 Å². The van der Waals surface area contributed by atoms with Crippen LogP contribution in [0.15, 0.2) is 78.9 Å². The van der Waals surface area contributed by atoms with Gasteiger partial charge < -0.3 is 39.9 Å². The highest BCUT2D eigenvalue weighted by Gasteiger charge is 2.45. The van der Waals surface area contributed by atoms with Crippen LogP contribution in [-0.2, 0) is 19.6 Å². The zero-order chi connectivity index (χ0) is 39.2. The van der Waals surface area contributed by atoms with E-state index in [0.717, 1.165) is 39.7 Å². The van der Waals surface area contributed by atoms with Gasteiger partial charge in [0.1, 0.15) is 17.1 Å². The monoisotopic (exact) mass is 796 g/mol. The van der Waals surface area contributed by atoms with Crippen LogP contribution in [0, 0.1) is 0 Å². The lowest BCUT2D eigenvalue weighted by Gasteiger charge is -2.38. The van der Waals surface area contributed by atoms with E-state index in [4.69, 9.17) is 24.4 Å². The first-order valence-corrected chi connectivity index (χ1v) is 24.2. The average Bonchev–Trinajstić information content (AvgIpc) is 3.57. The first-order valence-electron chi connectivity index (χ1n) is 18.8. The number of nitrogens with one attached hydrogen (secondary N) is 2. The molecule has 1 aliphatic heterocycles. The molecule has 54 heavy (non-hydrogen) atoms. The number of hydrogen-bond acceptors (Lipinski definition) is 9. The van der Waals surface area contributed by atoms with Gasteiger partial charge in [-0.2, -0.15) is 0 Å². The highest BCUT2D eigenvalue weighted by Crippen LogP contribution is 2.43. The van der Waals surface area contributed by atoms with Crippen molar-refractivity contribution in [1.29, 1.82) is 0 Å². The summed E-state index contributed by atoms with van der Waals surface area (Å²) in [6, 6.07) is 25.6. The van der Waals surface area contributed by atoms with Crippen molar-refractivity contribution < 1.29 is 28.2 Å². The van der Waals surface area contributed by atoms with Crippen LogP contribution in [0.1, 0.15) is 56.7 Å². The fraction of sp³-hybridized carbons (Fsp3) is 0.512. The quantitative estimate of drug-likeness (QED) is 0.0464. The topological polar surface area (TPSA) is 124 Å². The molecular weight excluding hydrogens is 737 g/mol. The highest BCUT2D eigenvalue weighted by atomic mass is 33.1. The number of benzene rings is 3. The number of urea groups is 1. The van der Waals surface area contributed by atoms with Crippen molar-refractivity contribution in [3.05, 3.63) is 95.6 Å². The van der Waals surface area contributed by atoms with Crippen LogP contribution >= 0.6 is 21.6 Å². The standard InChI is InChI=1S/C41H60N4O6S2Si/c1-40(2,3)54(6,7)51-37-28-34(45(29-37)39(47)44-24-11-14-38(46)43-25-27-53-52-26-23-42)30-50-41(31-12-9-8-10-13-31,32-15-19-35(48-4)20-16-32)33-17-21-36(49-5)22-18-33/h8-10,12-13,15-22,34,37H,11,14,23-30,42H2,1-7H3,(H,43,46)(H,44,47)/t34-,37+/m0/s1. The Bertz CT molecular complexity index is 1540. The first-order chi connectivity index (χ1) is 25.8. The number of carbonyl (C=O) groups is 2. The van der Waals surface area contributed by atoms with E-state index in [0.29, 0.717) is 45.4 Å². The summed E-state index contributed by atoms with van der Waals surface area (Å²) in [5.41, 5.74) is 7.32. The van der Waals surface area contributed by atoms with Gasteiger partial charge in [-0.3, -0.25) is 4.79 Å². The van der Waals surface area contributed by atoms with Crippen LogP contribution in [0.5, 0.6) is 11.5 Å². The third-order valence-corrected chi connectivity index (χ3v) is 17.2. The lowest BCUT2D eigenvalue weighted by Crippen LogP contribution is -2.47. The fourth-order valence-electron chi connectivity index (χ4n) is 6.29. The average molecular weight is 797 g/mol. The molecule has 0 spiro atoms. The number of carbonyl (C=O) groups excluding carboxylic acids is 2. The smallest absolute Gasteiger partial charge is 0.317 e. The van der Waals surface area contributed by atoms with Crippen LogP contribution in [0.3, 0.4) is 0 Å². The minimum Gasteiger partial charge on any atom is -0.497 e. The molecule has 1 fully saturated rings. The molecule has 0 unspecified atom stereocenters. The Morgan fingerprint density at radius 3 is 1.96 bits per heavy atom. The number of nitrogens with zero attached hydrogens (tertiary/aromatic N) is 1. The van der Waals surface area contributed by atoms with Gasteiger partial charge in [-0.15, -0.1) is 0 Å². The second-order valence-corrected chi connectivity index (χ2v) is 22.4. The molecule has 0 bridgehead atoms. The number of amides is 3. The summed E-state index contributed by atoms with van der Waals surface area (Å²) in [6.07, 6.45) is 1.39. The highest BCUT2D eigenvalue weighted by molar-refractivity contribution is 8.76. The van der Waals surface area contributed by atoms with Gasteiger partial charge in [0.25, 0.3) is 0 Å². The molecule has 3 aromatic rings. The largest absolute Gasteiger partial charge is 0.497 e. The number of hydrogen-bond donors (Lipinski definition) is 3. The number of ether oxygens (including phenoxy) is 3. The Labute approximate surface area is 331 Å². The van der Waals surface area contributed by atoms with Crippen molar-refractivity contribution >= 4 is 41.8 Å². The van der Waals surface area contributed by atoms with Gasteiger partial charge >= 0.3 is 6.03 Å². The maximum atomic E-state index is 14.0. The Morgan fingerprint density at radius 1 is 0.833 bits per heavy atom. The molecule has 1 heterocycles. The number of nitrogens with two attached hydrogens (primary N) is 1. The second kappa shape index (κ2) is 20.6. The molecule has 13 heteroatoms. The zero-order valence-corrected chi connectivity index (χ0v) is 35.7. The van der Waals surface area contributed by atoms with Crippen LogP contribution < -0.4 is 25.8 Å². The summed E-state index contributed by atoms with van der Waals surface area (Å²) in [6.45, 7) is 13.5. The van der Waals surface area contributed by atoms with Gasteiger partial charge in [-0.1, -0.05) is 97.0 Å². The first kappa shape index (κ1) is 43.5. The van der Waals surface area contributed by atoms with E-state index in [1.54, 1.807) is 35.8 Å². The Hall–Kier alpha value is -3.20. The lowest BCUT2D eigenvalue weighted by atomic mass is 9.80. The Balaban J connectivity index is 1.57. The van der Waals surface area contributed by atoms with Gasteiger partial charge in [-0.05, 0) is 71.9 Å². The van der Waals surface area contributed by atoms with Crippen molar-refractivity contribution in [2.75, 3.05) is 58.5 Å². The van der Waals surface area contributed by atoms with Gasteiger partial charge in [-0.25, -0.2) is 4.79 Å². The van der Waals surface area contributed by atoms with Crippen LogP contribution in [0.25, 0.3) is 0 Å². The van der Waals surface area contributed by atoms with E-state index < -0.39 is 13.9 Å². The van der Waals surface area contributed by atoms with Gasteiger partial charge in [0.05, 0.1) is 33.0 Å². The van der Waals surface area contributed by atoms with E-state index in [1.165, 1.54) is 0 Å². The van der Waals surface area contributed by atoms with Crippen LogP contribution in [-0.4, -0.2) is 95.8 Å². The molecular formula is C41H60N4O6S2Si. The number of methoxy groups -OCH3 is 2. The third-order valence-electron chi connectivity index (χ3n) is 10.2. The van der Waals surface area contributed by atoms with Crippen molar-refractivity contribution in [3.63, 3.8) is 0 Å². The number of rotatable bonds is 20. The Morgan fingerprint density at radius 2 is 1.41 bits per heavy atom. The van der Waals surface area contributed by atoms with Gasteiger partial charge in [0, 0.05) is 44.1 Å². The summed E-state index contributed by atoms with van der Waals surface area (Å²) < 4.78 is 25.2. The molecule has 2 atom stereocenters. The molecule has 0 radical (unpaired) electrons. The van der Waals surface area contributed by atoms with Gasteiger partial charge in [0.2, 0.25) is 5.91 Å². The van der Waals surface area contributed by atoms with Crippen molar-refractivity contribution in [1.82, 2.24) is 15.5 Å². The minimum atomic E-state index is -2.14. The summed E-state index contributed by atoms with van der Waals surface area (Å²) in [7, 11) is 4.59. The fourth-order valence-corrected chi connectivity index (χ4v) is 9.41. The minimum absolute atomic E-state index is 0.0155. The summed E-state index contributed by atoms with van der Waals surface area (Å²) in [5, 5.41) is 6.07. The molecule has 3 amide bonds. The van der Waals surface area contributed by atoms with Gasteiger partial charge in [0.15, 0.2) is 8.32 Å². The molecule has 4 rings (SSSR count). The predicted molar refractivity (Wildman–Crippen MR) is 225 cm³/mol. The lowest BCUT2D eigenvalue weighted by molar-refractivity contribution is -0.121. The normalized spacial score (nSPS) is 16.3. The molecule has 10 nitrogen and oxygen atoms in total. The van der Waals surface area contributed by atoms with E-state index in [-0.39, 0.29) is 35.7 Å². The summed E-state index contributed by atoms with van der Waals surface area (Å²) in [4.78, 5) is 28.3. The van der Waals surface area contributed by atoms with Crippen LogP contribution in [0.2, 0.25) is 18.1 Å².